The summed E-state index contributed by atoms with van der Waals surface area (Å²) in [5.74, 6) is 0.184. The molecule has 0 atom stereocenters. The van der Waals surface area contributed by atoms with Gasteiger partial charge in [-0.15, -0.1) is 0 Å². The quantitative estimate of drug-likeness (QED) is 0.803. The van der Waals surface area contributed by atoms with Gasteiger partial charge in [-0.25, -0.2) is 4.98 Å². The first-order valence-corrected chi connectivity index (χ1v) is 5.88. The van der Waals surface area contributed by atoms with Gasteiger partial charge in [0.1, 0.15) is 0 Å². The highest BCUT2D eigenvalue weighted by atomic mass is 16.1. The van der Waals surface area contributed by atoms with Crippen LogP contribution in [-0.4, -0.2) is 9.97 Å². The van der Waals surface area contributed by atoms with Gasteiger partial charge in [-0.05, 0) is 18.3 Å². The van der Waals surface area contributed by atoms with Crippen LogP contribution in [0.3, 0.4) is 0 Å². The molecule has 0 amide bonds. The number of nitrogens with two attached hydrogens (primary N) is 1. The molecule has 1 aromatic rings. The summed E-state index contributed by atoms with van der Waals surface area (Å²) in [5.41, 5.74) is 6.02. The lowest BCUT2D eigenvalue weighted by Gasteiger charge is -2.28. The van der Waals surface area contributed by atoms with Crippen molar-refractivity contribution < 1.29 is 0 Å². The van der Waals surface area contributed by atoms with E-state index in [1.807, 2.05) is 0 Å². The van der Waals surface area contributed by atoms with Gasteiger partial charge < -0.3 is 5.73 Å². The zero-order valence-corrected chi connectivity index (χ0v) is 10.3. The van der Waals surface area contributed by atoms with Gasteiger partial charge in [0.05, 0.1) is 0 Å². The number of anilines is 1. The third kappa shape index (κ3) is 2.62. The third-order valence-corrected chi connectivity index (χ3v) is 3.07. The van der Waals surface area contributed by atoms with E-state index >= 15 is 0 Å². The fraction of sp³-hybridized carbons (Fsp3) is 0.667. The second-order valence-corrected chi connectivity index (χ2v) is 4.57. The first-order valence-electron chi connectivity index (χ1n) is 5.88. The Kier molecular flexibility index (Phi) is 4.10. The van der Waals surface area contributed by atoms with Gasteiger partial charge in [0.2, 0.25) is 0 Å². The topological polar surface area (TPSA) is 71.8 Å². The first-order chi connectivity index (χ1) is 7.53. The van der Waals surface area contributed by atoms with Crippen LogP contribution in [0.1, 0.15) is 52.0 Å². The van der Waals surface area contributed by atoms with Crippen molar-refractivity contribution in [2.75, 3.05) is 5.73 Å². The van der Waals surface area contributed by atoms with Crippen LogP contribution in [0.2, 0.25) is 0 Å². The molecule has 4 nitrogen and oxygen atoms in total. The maximum absolute atomic E-state index is 11.9. The van der Waals surface area contributed by atoms with E-state index in [1.54, 1.807) is 6.20 Å². The van der Waals surface area contributed by atoms with E-state index in [-0.39, 0.29) is 16.9 Å². The number of aromatic nitrogens is 2. The first kappa shape index (κ1) is 12.7. The van der Waals surface area contributed by atoms with Crippen LogP contribution < -0.4 is 11.3 Å². The van der Waals surface area contributed by atoms with Gasteiger partial charge in [-0.1, -0.05) is 33.6 Å². The molecule has 4 heteroatoms. The summed E-state index contributed by atoms with van der Waals surface area (Å²) in [7, 11) is 0. The minimum atomic E-state index is -0.100. The molecule has 0 radical (unpaired) electrons. The number of rotatable bonds is 5. The van der Waals surface area contributed by atoms with Gasteiger partial charge in [-0.3, -0.25) is 9.78 Å². The lowest BCUT2D eigenvalue weighted by molar-refractivity contribution is 0.387. The van der Waals surface area contributed by atoms with Gasteiger partial charge in [0, 0.05) is 11.8 Å². The predicted molar refractivity (Wildman–Crippen MR) is 66.4 cm³/mol. The molecular formula is C12H21N3O. The van der Waals surface area contributed by atoms with Crippen LogP contribution in [-0.2, 0) is 5.41 Å². The zero-order valence-electron chi connectivity index (χ0n) is 10.3. The van der Waals surface area contributed by atoms with Crippen molar-refractivity contribution >= 4 is 5.95 Å². The average Bonchev–Trinajstić information content (AvgIpc) is 2.17. The van der Waals surface area contributed by atoms with Crippen molar-refractivity contribution in [3.8, 4) is 0 Å². The summed E-state index contributed by atoms with van der Waals surface area (Å²) in [4.78, 5) is 18.4. The Bertz CT molecular complexity index is 391. The van der Waals surface area contributed by atoms with E-state index in [2.05, 4.69) is 30.7 Å². The summed E-state index contributed by atoms with van der Waals surface area (Å²) in [6.07, 6.45) is 5.73. The maximum atomic E-state index is 11.9. The minimum absolute atomic E-state index is 0.0855. The Balaban J connectivity index is 3.15. The van der Waals surface area contributed by atoms with E-state index in [0.29, 0.717) is 0 Å². The van der Waals surface area contributed by atoms with Crippen molar-refractivity contribution in [1.82, 2.24) is 9.97 Å². The Morgan fingerprint density at radius 2 is 1.94 bits per heavy atom. The second-order valence-electron chi connectivity index (χ2n) is 4.57. The molecule has 0 aliphatic rings. The normalized spacial score (nSPS) is 11.7. The van der Waals surface area contributed by atoms with E-state index in [9.17, 15) is 4.79 Å². The van der Waals surface area contributed by atoms with Crippen LogP contribution in [0.5, 0.6) is 0 Å². The van der Waals surface area contributed by atoms with Crippen molar-refractivity contribution in [3.63, 3.8) is 0 Å². The number of hydrogen-bond acceptors (Lipinski definition) is 3. The smallest absolute Gasteiger partial charge is 0.255 e. The number of nitrogens with zero attached hydrogens (tertiary/aromatic N) is 1. The SMILES string of the molecule is CCCC(C)(CCC)c1cnc(N)[nH]c1=O. The molecule has 0 saturated heterocycles. The van der Waals surface area contributed by atoms with E-state index in [4.69, 9.17) is 5.73 Å². The fourth-order valence-corrected chi connectivity index (χ4v) is 2.34. The third-order valence-electron chi connectivity index (χ3n) is 3.07. The van der Waals surface area contributed by atoms with Crippen LogP contribution in [0, 0.1) is 0 Å². The molecule has 0 bridgehead atoms. The van der Waals surface area contributed by atoms with Crippen LogP contribution in [0.15, 0.2) is 11.0 Å². The molecule has 1 heterocycles. The Hall–Kier alpha value is -1.32. The average molecular weight is 223 g/mol. The van der Waals surface area contributed by atoms with Crippen molar-refractivity contribution in [3.05, 3.63) is 22.1 Å². The van der Waals surface area contributed by atoms with Crippen molar-refractivity contribution in [2.24, 2.45) is 0 Å². The summed E-state index contributed by atoms with van der Waals surface area (Å²) >= 11 is 0. The van der Waals surface area contributed by atoms with E-state index < -0.39 is 0 Å². The second kappa shape index (κ2) is 5.14. The highest BCUT2D eigenvalue weighted by molar-refractivity contribution is 5.23. The molecule has 1 aromatic heterocycles. The number of H-pyrrole nitrogens is 1. The summed E-state index contributed by atoms with van der Waals surface area (Å²) in [5, 5.41) is 0. The number of nitrogens with one attached hydrogen (secondary N) is 1. The molecule has 90 valence electrons. The summed E-state index contributed by atoms with van der Waals surface area (Å²) < 4.78 is 0. The van der Waals surface area contributed by atoms with Crippen molar-refractivity contribution in [1.29, 1.82) is 0 Å². The number of hydrogen-bond donors (Lipinski definition) is 2. The molecule has 0 spiro atoms. The van der Waals surface area contributed by atoms with E-state index in [1.165, 1.54) is 0 Å². The van der Waals surface area contributed by atoms with Crippen LogP contribution >= 0.6 is 0 Å². The summed E-state index contributed by atoms with van der Waals surface area (Å²) in [6, 6.07) is 0. The maximum Gasteiger partial charge on any atom is 0.255 e. The van der Waals surface area contributed by atoms with Crippen LogP contribution in [0.4, 0.5) is 5.95 Å². The molecule has 1 rings (SSSR count). The molecule has 0 fully saturated rings. The van der Waals surface area contributed by atoms with Gasteiger partial charge in [0.25, 0.3) is 5.56 Å². The molecule has 16 heavy (non-hydrogen) atoms. The Labute approximate surface area is 96.3 Å². The Morgan fingerprint density at radius 3 is 2.38 bits per heavy atom. The Morgan fingerprint density at radius 1 is 1.38 bits per heavy atom. The molecule has 3 N–H and O–H groups in total. The minimum Gasteiger partial charge on any atom is -0.369 e. The van der Waals surface area contributed by atoms with Gasteiger partial charge in [0.15, 0.2) is 5.95 Å². The monoisotopic (exact) mass is 223 g/mol. The molecule has 0 saturated carbocycles. The van der Waals surface area contributed by atoms with E-state index in [0.717, 1.165) is 31.2 Å². The summed E-state index contributed by atoms with van der Waals surface area (Å²) in [6.45, 7) is 6.39. The molecule has 0 unspecified atom stereocenters. The molecular weight excluding hydrogens is 202 g/mol. The van der Waals surface area contributed by atoms with Crippen molar-refractivity contribution in [2.45, 2.75) is 51.9 Å². The number of nitrogen functional groups attached to an aromatic ring is 1. The molecule has 0 aliphatic carbocycles. The molecule has 0 aliphatic heterocycles. The van der Waals surface area contributed by atoms with Crippen LogP contribution in [0.25, 0.3) is 0 Å². The highest BCUT2D eigenvalue weighted by Crippen LogP contribution is 2.31. The zero-order chi connectivity index (χ0) is 12.2. The van der Waals surface area contributed by atoms with Gasteiger partial charge >= 0.3 is 0 Å². The lowest BCUT2D eigenvalue weighted by atomic mass is 9.76. The number of aromatic amines is 1. The lowest BCUT2D eigenvalue weighted by Crippen LogP contribution is -2.31. The van der Waals surface area contributed by atoms with Gasteiger partial charge in [-0.2, -0.15) is 0 Å². The fourth-order valence-electron chi connectivity index (χ4n) is 2.34. The standard InChI is InChI=1S/C12H21N3O/c1-4-6-12(3,7-5-2)9-8-14-11(13)15-10(9)16/h8H,4-7H2,1-3H3,(H3,13,14,15,16). The molecule has 0 aromatic carbocycles. The predicted octanol–water partition coefficient (Wildman–Crippen LogP) is 2.21. The largest absolute Gasteiger partial charge is 0.369 e. The highest BCUT2D eigenvalue weighted by Gasteiger charge is 2.27.